The Labute approximate surface area is 112 Å². The van der Waals surface area contributed by atoms with Gasteiger partial charge in [-0.25, -0.2) is 0 Å². The Morgan fingerprint density at radius 1 is 1.00 bits per heavy atom. The summed E-state index contributed by atoms with van der Waals surface area (Å²) >= 11 is 3.37. The van der Waals surface area contributed by atoms with Crippen LogP contribution < -0.4 is 0 Å². The number of aromatic nitrogens is 3. The van der Waals surface area contributed by atoms with Crippen molar-refractivity contribution in [2.45, 2.75) is 34.6 Å². The van der Waals surface area contributed by atoms with Crippen LogP contribution in [0.3, 0.4) is 0 Å². The van der Waals surface area contributed by atoms with Crippen molar-refractivity contribution in [3.05, 3.63) is 40.6 Å². The maximum Gasteiger partial charge on any atom is 0.0857 e. The van der Waals surface area contributed by atoms with Crippen molar-refractivity contribution < 1.29 is 0 Å². The van der Waals surface area contributed by atoms with Crippen LogP contribution in [0.1, 0.15) is 33.4 Å². The van der Waals surface area contributed by atoms with E-state index in [0.717, 1.165) is 15.9 Å². The molecule has 1 aromatic heterocycles. The first-order valence-electron chi connectivity index (χ1n) is 5.90. The van der Waals surface area contributed by atoms with Crippen LogP contribution in [-0.2, 0) is 0 Å². The summed E-state index contributed by atoms with van der Waals surface area (Å²) in [5.74, 6) is 0. The van der Waals surface area contributed by atoms with Crippen molar-refractivity contribution >= 4 is 15.9 Å². The van der Waals surface area contributed by atoms with Gasteiger partial charge in [0.25, 0.3) is 0 Å². The van der Waals surface area contributed by atoms with E-state index in [2.05, 4.69) is 26.1 Å². The first kappa shape index (κ1) is 15.8. The van der Waals surface area contributed by atoms with Gasteiger partial charge < -0.3 is 0 Å². The normalized spacial score (nSPS) is 8.59. The summed E-state index contributed by atoms with van der Waals surface area (Å²) in [6, 6.07) is 7.86. The van der Waals surface area contributed by atoms with Crippen molar-refractivity contribution in [2.75, 3.05) is 0 Å². The molecule has 1 aromatic carbocycles. The summed E-state index contributed by atoms with van der Waals surface area (Å²) < 4.78 is 1.06. The Morgan fingerprint density at radius 2 is 1.53 bits per heavy atom. The van der Waals surface area contributed by atoms with E-state index in [1.165, 1.54) is 0 Å². The predicted molar refractivity (Wildman–Crippen MR) is 76.5 cm³/mol. The molecule has 0 unspecified atom stereocenters. The summed E-state index contributed by atoms with van der Waals surface area (Å²) in [4.78, 5) is 1.61. The smallest absolute Gasteiger partial charge is 0.0857 e. The van der Waals surface area contributed by atoms with Gasteiger partial charge in [0.05, 0.1) is 17.6 Å². The van der Waals surface area contributed by atoms with Crippen LogP contribution in [-0.4, -0.2) is 15.0 Å². The standard InChI is InChI=1S/C9H8BrN3.2C2H6/c1-7-6-11-13(12-7)9-4-2-8(10)3-5-9;2*1-2/h2-6H,1H3;2*1-2H3. The largest absolute Gasteiger partial charge is 0.157 e. The quantitative estimate of drug-likeness (QED) is 0.781. The summed E-state index contributed by atoms with van der Waals surface area (Å²) in [7, 11) is 0. The van der Waals surface area contributed by atoms with Gasteiger partial charge in [-0.1, -0.05) is 43.6 Å². The molecule has 3 nitrogen and oxygen atoms in total. The fourth-order valence-corrected chi connectivity index (χ4v) is 1.30. The molecule has 0 atom stereocenters. The van der Waals surface area contributed by atoms with Crippen LogP contribution in [0, 0.1) is 6.92 Å². The number of hydrogen-bond donors (Lipinski definition) is 0. The summed E-state index contributed by atoms with van der Waals surface area (Å²) in [6.07, 6.45) is 1.74. The average Bonchev–Trinajstić information content (AvgIpc) is 2.82. The highest BCUT2D eigenvalue weighted by molar-refractivity contribution is 9.10. The van der Waals surface area contributed by atoms with E-state index < -0.39 is 0 Å². The van der Waals surface area contributed by atoms with Crippen LogP contribution in [0.2, 0.25) is 0 Å². The molecule has 0 spiro atoms. The van der Waals surface area contributed by atoms with Gasteiger partial charge >= 0.3 is 0 Å². The Hall–Kier alpha value is -1.16. The van der Waals surface area contributed by atoms with E-state index in [9.17, 15) is 0 Å². The molecule has 0 N–H and O–H groups in total. The molecule has 0 saturated heterocycles. The predicted octanol–water partition coefficient (Wildman–Crippen LogP) is 4.39. The van der Waals surface area contributed by atoms with Gasteiger partial charge in [-0.15, -0.1) is 0 Å². The third kappa shape index (κ3) is 5.13. The van der Waals surface area contributed by atoms with E-state index in [-0.39, 0.29) is 0 Å². The maximum absolute atomic E-state index is 4.20. The molecule has 4 heteroatoms. The van der Waals surface area contributed by atoms with Crippen molar-refractivity contribution in [2.24, 2.45) is 0 Å². The number of aryl methyl sites for hydroxylation is 1. The maximum atomic E-state index is 4.20. The number of rotatable bonds is 1. The highest BCUT2D eigenvalue weighted by Crippen LogP contribution is 2.12. The molecule has 0 amide bonds. The zero-order valence-electron chi connectivity index (χ0n) is 11.1. The van der Waals surface area contributed by atoms with Crippen LogP contribution in [0.5, 0.6) is 0 Å². The Bertz CT molecular complexity index is 407. The molecule has 0 radical (unpaired) electrons. The third-order valence-electron chi connectivity index (χ3n) is 1.66. The van der Waals surface area contributed by atoms with Crippen molar-refractivity contribution in [1.82, 2.24) is 15.0 Å². The molecule has 2 aromatic rings. The van der Waals surface area contributed by atoms with E-state index in [4.69, 9.17) is 0 Å². The van der Waals surface area contributed by atoms with Crippen molar-refractivity contribution in [1.29, 1.82) is 0 Å². The summed E-state index contributed by atoms with van der Waals surface area (Å²) in [5.41, 5.74) is 1.89. The van der Waals surface area contributed by atoms with Crippen molar-refractivity contribution in [3.8, 4) is 5.69 Å². The molecule has 0 bridgehead atoms. The monoisotopic (exact) mass is 297 g/mol. The lowest BCUT2D eigenvalue weighted by molar-refractivity contribution is 0.745. The molecule has 0 fully saturated rings. The molecule has 2 rings (SSSR count). The lowest BCUT2D eigenvalue weighted by Gasteiger charge is -1.98. The van der Waals surface area contributed by atoms with Crippen LogP contribution in [0.15, 0.2) is 34.9 Å². The second-order valence-electron chi connectivity index (χ2n) is 2.75. The third-order valence-corrected chi connectivity index (χ3v) is 2.19. The van der Waals surface area contributed by atoms with Gasteiger partial charge in [-0.2, -0.15) is 15.0 Å². The van der Waals surface area contributed by atoms with E-state index in [1.54, 1.807) is 11.0 Å². The highest BCUT2D eigenvalue weighted by atomic mass is 79.9. The van der Waals surface area contributed by atoms with E-state index in [0.29, 0.717) is 0 Å². The Balaban J connectivity index is 0.000000581. The molecule has 94 valence electrons. The minimum absolute atomic E-state index is 0.919. The molecule has 17 heavy (non-hydrogen) atoms. The lowest BCUT2D eigenvalue weighted by Crippen LogP contribution is -1.97. The molecule has 1 heterocycles. The zero-order valence-corrected chi connectivity index (χ0v) is 12.7. The minimum Gasteiger partial charge on any atom is -0.157 e. The SMILES string of the molecule is CC.CC.Cc1cnn(-c2ccc(Br)cc2)n1. The molecule has 0 aliphatic rings. The topological polar surface area (TPSA) is 30.7 Å². The minimum atomic E-state index is 0.919. The van der Waals surface area contributed by atoms with E-state index >= 15 is 0 Å². The second kappa shape index (κ2) is 8.93. The first-order valence-corrected chi connectivity index (χ1v) is 6.70. The number of halogens is 1. The van der Waals surface area contributed by atoms with Gasteiger partial charge in [-0.05, 0) is 31.2 Å². The van der Waals surface area contributed by atoms with Crippen molar-refractivity contribution in [3.63, 3.8) is 0 Å². The van der Waals surface area contributed by atoms with Gasteiger partial charge in [0.15, 0.2) is 0 Å². The van der Waals surface area contributed by atoms with Gasteiger partial charge in [-0.3, -0.25) is 0 Å². The number of benzene rings is 1. The van der Waals surface area contributed by atoms with Gasteiger partial charge in [0.2, 0.25) is 0 Å². The average molecular weight is 298 g/mol. The molecule has 0 saturated carbocycles. The van der Waals surface area contributed by atoms with Crippen LogP contribution in [0.25, 0.3) is 5.69 Å². The summed E-state index contributed by atoms with van der Waals surface area (Å²) in [5, 5.41) is 8.31. The number of hydrogen-bond acceptors (Lipinski definition) is 2. The lowest BCUT2D eigenvalue weighted by atomic mass is 10.3. The van der Waals surface area contributed by atoms with Gasteiger partial charge in [0, 0.05) is 4.47 Å². The highest BCUT2D eigenvalue weighted by Gasteiger charge is 1.98. The zero-order chi connectivity index (χ0) is 13.3. The fourth-order valence-electron chi connectivity index (χ4n) is 1.04. The Morgan fingerprint density at radius 3 is 1.94 bits per heavy atom. The molecule has 0 aliphatic carbocycles. The first-order chi connectivity index (χ1) is 8.25. The number of nitrogens with zero attached hydrogens (tertiary/aromatic N) is 3. The van der Waals surface area contributed by atoms with E-state index in [1.807, 2.05) is 58.9 Å². The molecular weight excluding hydrogens is 278 g/mol. The molecular formula is C13H20BrN3. The van der Waals surface area contributed by atoms with Gasteiger partial charge in [0.1, 0.15) is 0 Å². The van der Waals surface area contributed by atoms with Crippen LogP contribution in [0.4, 0.5) is 0 Å². The fraction of sp³-hybridized carbons (Fsp3) is 0.385. The Kier molecular flexibility index (Phi) is 8.32. The molecule has 0 aliphatic heterocycles. The second-order valence-corrected chi connectivity index (χ2v) is 3.67. The van der Waals surface area contributed by atoms with Crippen LogP contribution >= 0.6 is 15.9 Å². The summed E-state index contributed by atoms with van der Waals surface area (Å²) in [6.45, 7) is 9.92.